The fourth-order valence-electron chi connectivity index (χ4n) is 2.20. The highest BCUT2D eigenvalue weighted by Gasteiger charge is 2.29. The molecule has 5 nitrogen and oxygen atoms in total. The fraction of sp³-hybridized carbons (Fsp3) is 0.500. The number of rotatable bonds is 3. The van der Waals surface area contributed by atoms with Crippen LogP contribution < -0.4 is 5.32 Å². The summed E-state index contributed by atoms with van der Waals surface area (Å²) in [5.41, 5.74) is 0.874. The van der Waals surface area contributed by atoms with Gasteiger partial charge in [-0.05, 0) is 31.5 Å². The number of aromatic nitrogens is 1. The van der Waals surface area contributed by atoms with E-state index in [1.54, 1.807) is 19.2 Å². The Morgan fingerprint density at radius 3 is 3.12 bits per heavy atom. The maximum Gasteiger partial charge on any atom is 0.237 e. The predicted octanol–water partition coefficient (Wildman–Crippen LogP) is 0.498. The van der Waals surface area contributed by atoms with Gasteiger partial charge in [0.1, 0.15) is 5.75 Å². The second-order valence-electron chi connectivity index (χ2n) is 4.25. The first kappa shape index (κ1) is 11.9. The number of carbonyl (C=O) groups excluding carboxylic acids is 1. The molecule has 1 atom stereocenters. The number of hydrogen-bond donors (Lipinski definition) is 2. The zero-order valence-electron chi connectivity index (χ0n) is 9.89. The molecule has 1 saturated heterocycles. The molecular weight excluding hydrogens is 218 g/mol. The van der Waals surface area contributed by atoms with E-state index in [9.17, 15) is 4.79 Å². The summed E-state index contributed by atoms with van der Waals surface area (Å²) in [6, 6.07) is 3.36. The lowest BCUT2D eigenvalue weighted by Gasteiger charge is -2.22. The molecule has 0 saturated carbocycles. The summed E-state index contributed by atoms with van der Waals surface area (Å²) in [4.78, 5) is 17.9. The number of nitrogens with zero attached hydrogens (tertiary/aromatic N) is 2. The summed E-state index contributed by atoms with van der Waals surface area (Å²) in [6.45, 7) is 1.57. The van der Waals surface area contributed by atoms with Crippen LogP contribution in [-0.2, 0) is 11.3 Å². The zero-order chi connectivity index (χ0) is 12.3. The van der Waals surface area contributed by atoms with Gasteiger partial charge >= 0.3 is 0 Å². The third-order valence-corrected chi connectivity index (χ3v) is 3.09. The van der Waals surface area contributed by atoms with Crippen molar-refractivity contribution in [1.82, 2.24) is 15.2 Å². The molecule has 5 heteroatoms. The first-order valence-electron chi connectivity index (χ1n) is 5.80. The standard InChI is InChI=1S/C12H17N3O2/c1-13-12(17)11-3-2-6-15(11)8-9-4-5-10(16)7-14-9/h4-5,7,11,16H,2-3,6,8H2,1H3,(H,13,17). The highest BCUT2D eigenvalue weighted by molar-refractivity contribution is 5.81. The minimum absolute atomic E-state index is 0.0457. The molecule has 92 valence electrons. The van der Waals surface area contributed by atoms with Gasteiger partial charge in [0, 0.05) is 13.6 Å². The first-order valence-corrected chi connectivity index (χ1v) is 5.80. The second-order valence-corrected chi connectivity index (χ2v) is 4.25. The van der Waals surface area contributed by atoms with Crippen LogP contribution in [0.25, 0.3) is 0 Å². The molecule has 1 aromatic rings. The van der Waals surface area contributed by atoms with Gasteiger partial charge < -0.3 is 10.4 Å². The Balaban J connectivity index is 2.02. The maximum atomic E-state index is 11.7. The largest absolute Gasteiger partial charge is 0.506 e. The van der Waals surface area contributed by atoms with E-state index in [4.69, 9.17) is 5.11 Å². The van der Waals surface area contributed by atoms with Crippen molar-refractivity contribution in [2.75, 3.05) is 13.6 Å². The Morgan fingerprint density at radius 1 is 1.65 bits per heavy atom. The average molecular weight is 235 g/mol. The predicted molar refractivity (Wildman–Crippen MR) is 63.4 cm³/mol. The van der Waals surface area contributed by atoms with Crippen LogP contribution >= 0.6 is 0 Å². The Morgan fingerprint density at radius 2 is 2.47 bits per heavy atom. The first-order chi connectivity index (χ1) is 8.20. The lowest BCUT2D eigenvalue weighted by molar-refractivity contribution is -0.125. The molecule has 0 spiro atoms. The highest BCUT2D eigenvalue weighted by atomic mass is 16.3. The van der Waals surface area contributed by atoms with E-state index in [2.05, 4.69) is 15.2 Å². The molecule has 0 aliphatic carbocycles. The SMILES string of the molecule is CNC(=O)C1CCCN1Cc1ccc(O)cn1. The number of aromatic hydroxyl groups is 1. The molecule has 0 bridgehead atoms. The smallest absolute Gasteiger partial charge is 0.237 e. The molecule has 2 rings (SSSR count). The Hall–Kier alpha value is -1.62. The van der Waals surface area contributed by atoms with Gasteiger partial charge in [-0.15, -0.1) is 0 Å². The van der Waals surface area contributed by atoms with Crippen LogP contribution in [0.15, 0.2) is 18.3 Å². The van der Waals surface area contributed by atoms with E-state index in [0.29, 0.717) is 6.54 Å². The molecule has 1 amide bonds. The zero-order valence-corrected chi connectivity index (χ0v) is 9.89. The monoisotopic (exact) mass is 235 g/mol. The van der Waals surface area contributed by atoms with Gasteiger partial charge in [0.25, 0.3) is 0 Å². The van der Waals surface area contributed by atoms with Crippen LogP contribution in [-0.4, -0.2) is 40.5 Å². The van der Waals surface area contributed by atoms with Crippen LogP contribution in [0.1, 0.15) is 18.5 Å². The van der Waals surface area contributed by atoms with Crippen molar-refractivity contribution >= 4 is 5.91 Å². The van der Waals surface area contributed by atoms with Crippen molar-refractivity contribution in [3.05, 3.63) is 24.0 Å². The van der Waals surface area contributed by atoms with Crippen molar-refractivity contribution in [3.8, 4) is 5.75 Å². The molecule has 1 fully saturated rings. The molecule has 2 N–H and O–H groups in total. The average Bonchev–Trinajstić information content (AvgIpc) is 2.79. The molecule has 0 radical (unpaired) electrons. The van der Waals surface area contributed by atoms with Crippen LogP contribution in [0, 0.1) is 0 Å². The number of nitrogens with one attached hydrogen (secondary N) is 1. The van der Waals surface area contributed by atoms with E-state index < -0.39 is 0 Å². The molecule has 1 aliphatic heterocycles. The van der Waals surface area contributed by atoms with E-state index >= 15 is 0 Å². The quantitative estimate of drug-likeness (QED) is 0.800. The van der Waals surface area contributed by atoms with Crippen molar-refractivity contribution in [2.24, 2.45) is 0 Å². The van der Waals surface area contributed by atoms with Crippen molar-refractivity contribution in [1.29, 1.82) is 0 Å². The fourth-order valence-corrected chi connectivity index (χ4v) is 2.20. The van der Waals surface area contributed by atoms with Crippen LogP contribution in [0.2, 0.25) is 0 Å². The molecule has 1 aromatic heterocycles. The Bertz CT molecular complexity index is 391. The summed E-state index contributed by atoms with van der Waals surface area (Å²) in [5, 5.41) is 11.8. The van der Waals surface area contributed by atoms with Crippen molar-refractivity contribution in [2.45, 2.75) is 25.4 Å². The van der Waals surface area contributed by atoms with Crippen LogP contribution in [0.3, 0.4) is 0 Å². The van der Waals surface area contributed by atoms with Gasteiger partial charge in [-0.1, -0.05) is 0 Å². The number of hydrogen-bond acceptors (Lipinski definition) is 4. The Labute approximate surface area is 100 Å². The van der Waals surface area contributed by atoms with Gasteiger partial charge in [0.05, 0.1) is 17.9 Å². The molecule has 0 aromatic carbocycles. The maximum absolute atomic E-state index is 11.7. The second kappa shape index (κ2) is 5.14. The van der Waals surface area contributed by atoms with E-state index in [1.807, 2.05) is 0 Å². The number of amides is 1. The van der Waals surface area contributed by atoms with E-state index in [1.165, 1.54) is 6.20 Å². The Kier molecular flexibility index (Phi) is 3.58. The summed E-state index contributed by atoms with van der Waals surface area (Å²) < 4.78 is 0. The van der Waals surface area contributed by atoms with Crippen LogP contribution in [0.4, 0.5) is 0 Å². The van der Waals surface area contributed by atoms with Crippen LogP contribution in [0.5, 0.6) is 5.75 Å². The van der Waals surface area contributed by atoms with Crippen molar-refractivity contribution < 1.29 is 9.90 Å². The number of pyridine rings is 1. The van der Waals surface area contributed by atoms with Gasteiger partial charge in [-0.2, -0.15) is 0 Å². The lowest BCUT2D eigenvalue weighted by Crippen LogP contribution is -2.41. The molecular formula is C12H17N3O2. The summed E-state index contributed by atoms with van der Waals surface area (Å²) in [5.74, 6) is 0.235. The lowest BCUT2D eigenvalue weighted by atomic mass is 10.2. The van der Waals surface area contributed by atoms with Gasteiger partial charge in [-0.3, -0.25) is 14.7 Å². The van der Waals surface area contributed by atoms with Crippen molar-refractivity contribution in [3.63, 3.8) is 0 Å². The number of carbonyl (C=O) groups is 1. The number of likely N-dealkylation sites (N-methyl/N-ethyl adjacent to an activating group) is 1. The summed E-state index contributed by atoms with van der Waals surface area (Å²) in [6.07, 6.45) is 3.37. The van der Waals surface area contributed by atoms with Gasteiger partial charge in [-0.25, -0.2) is 0 Å². The van der Waals surface area contributed by atoms with Gasteiger partial charge in [0.2, 0.25) is 5.91 Å². The minimum atomic E-state index is -0.0457. The normalized spacial score (nSPS) is 20.4. The van der Waals surface area contributed by atoms with Gasteiger partial charge in [0.15, 0.2) is 0 Å². The molecule has 1 aliphatic rings. The van der Waals surface area contributed by atoms with E-state index in [0.717, 1.165) is 25.1 Å². The third kappa shape index (κ3) is 2.74. The number of likely N-dealkylation sites (tertiary alicyclic amines) is 1. The highest BCUT2D eigenvalue weighted by Crippen LogP contribution is 2.20. The van der Waals surface area contributed by atoms with E-state index in [-0.39, 0.29) is 17.7 Å². The molecule has 1 unspecified atom stereocenters. The third-order valence-electron chi connectivity index (χ3n) is 3.09. The summed E-state index contributed by atoms with van der Waals surface area (Å²) in [7, 11) is 1.66. The molecule has 2 heterocycles. The minimum Gasteiger partial charge on any atom is -0.506 e. The summed E-state index contributed by atoms with van der Waals surface area (Å²) >= 11 is 0. The molecule has 17 heavy (non-hydrogen) atoms. The topological polar surface area (TPSA) is 65.5 Å².